The van der Waals surface area contributed by atoms with E-state index in [1.54, 1.807) is 6.26 Å². The maximum Gasteiger partial charge on any atom is 0.117 e. The minimum absolute atomic E-state index is 0.656. The maximum absolute atomic E-state index is 5.54. The van der Waals surface area contributed by atoms with E-state index in [4.69, 9.17) is 4.42 Å². The number of pyridine rings is 1. The molecule has 3 rings (SSSR count). The second kappa shape index (κ2) is 7.56. The predicted octanol–water partition coefficient (Wildman–Crippen LogP) is 3.16. The number of hydrogen-bond donors (Lipinski definition) is 0. The van der Waals surface area contributed by atoms with E-state index in [9.17, 15) is 0 Å². The highest BCUT2D eigenvalue weighted by Gasteiger charge is 2.25. The van der Waals surface area contributed by atoms with Crippen molar-refractivity contribution in [2.45, 2.75) is 38.9 Å². The van der Waals surface area contributed by atoms with Gasteiger partial charge in [-0.15, -0.1) is 0 Å². The molecule has 4 nitrogen and oxygen atoms in total. The molecule has 1 fully saturated rings. The summed E-state index contributed by atoms with van der Waals surface area (Å²) in [5.74, 6) is 1.02. The Morgan fingerprint density at radius 3 is 2.95 bits per heavy atom. The van der Waals surface area contributed by atoms with Crippen LogP contribution < -0.4 is 0 Å². The van der Waals surface area contributed by atoms with Crippen molar-refractivity contribution in [3.63, 3.8) is 0 Å². The van der Waals surface area contributed by atoms with Crippen LogP contribution in [0.5, 0.6) is 0 Å². The van der Waals surface area contributed by atoms with E-state index in [0.29, 0.717) is 6.04 Å². The molecule has 3 heterocycles. The number of nitrogens with zero attached hydrogens (tertiary/aromatic N) is 3. The molecule has 1 unspecified atom stereocenters. The van der Waals surface area contributed by atoms with E-state index in [1.807, 2.05) is 18.3 Å². The predicted molar refractivity (Wildman–Crippen MR) is 87.3 cm³/mol. The zero-order valence-electron chi connectivity index (χ0n) is 13.3. The molecule has 2 aromatic heterocycles. The van der Waals surface area contributed by atoms with Crippen LogP contribution >= 0.6 is 0 Å². The van der Waals surface area contributed by atoms with Gasteiger partial charge in [0, 0.05) is 25.3 Å². The van der Waals surface area contributed by atoms with Crippen molar-refractivity contribution in [2.75, 3.05) is 19.6 Å². The molecule has 0 aromatic carbocycles. The Balaban J connectivity index is 1.68. The number of likely N-dealkylation sites (tertiary alicyclic amines) is 1. The molecule has 0 amide bonds. The molecule has 1 aliphatic heterocycles. The second-order valence-corrected chi connectivity index (χ2v) is 5.99. The second-order valence-electron chi connectivity index (χ2n) is 5.99. The van der Waals surface area contributed by atoms with Crippen LogP contribution in [-0.2, 0) is 13.1 Å². The van der Waals surface area contributed by atoms with Gasteiger partial charge in [-0.05, 0) is 50.2 Å². The summed E-state index contributed by atoms with van der Waals surface area (Å²) in [6.07, 6.45) is 6.23. The minimum Gasteiger partial charge on any atom is -0.468 e. The number of furan rings is 1. The lowest BCUT2D eigenvalue weighted by Crippen LogP contribution is -2.39. The molecule has 0 spiro atoms. The van der Waals surface area contributed by atoms with Crippen molar-refractivity contribution >= 4 is 0 Å². The summed E-state index contributed by atoms with van der Waals surface area (Å²) in [6.45, 7) is 7.43. The summed E-state index contributed by atoms with van der Waals surface area (Å²) in [5.41, 5.74) is 1.12. The molecule has 0 N–H and O–H groups in total. The molecule has 1 atom stereocenters. The third-order valence-electron chi connectivity index (χ3n) is 4.45. The van der Waals surface area contributed by atoms with Crippen LogP contribution in [0.2, 0.25) is 0 Å². The number of aromatic nitrogens is 1. The van der Waals surface area contributed by atoms with Gasteiger partial charge in [0.1, 0.15) is 5.76 Å². The quantitative estimate of drug-likeness (QED) is 0.786. The fourth-order valence-electron chi connectivity index (χ4n) is 3.34. The summed E-state index contributed by atoms with van der Waals surface area (Å²) >= 11 is 0. The Bertz CT molecular complexity index is 541. The van der Waals surface area contributed by atoms with Crippen LogP contribution in [0.15, 0.2) is 47.2 Å². The Morgan fingerprint density at radius 1 is 1.27 bits per heavy atom. The van der Waals surface area contributed by atoms with Gasteiger partial charge in [0.15, 0.2) is 0 Å². The lowest BCUT2D eigenvalue weighted by atomic mass is 10.2. The SMILES string of the molecule is CCN1CCCC1CN(Cc1ccccn1)Cc1ccco1. The maximum atomic E-state index is 5.54. The van der Waals surface area contributed by atoms with Crippen molar-refractivity contribution in [1.82, 2.24) is 14.8 Å². The van der Waals surface area contributed by atoms with Gasteiger partial charge in [0.05, 0.1) is 18.5 Å². The van der Waals surface area contributed by atoms with Gasteiger partial charge in [0.25, 0.3) is 0 Å². The molecule has 2 aromatic rings. The van der Waals surface area contributed by atoms with Crippen molar-refractivity contribution in [2.24, 2.45) is 0 Å². The summed E-state index contributed by atoms with van der Waals surface area (Å²) in [5, 5.41) is 0. The Labute approximate surface area is 132 Å². The Kier molecular flexibility index (Phi) is 5.24. The first-order valence-electron chi connectivity index (χ1n) is 8.24. The van der Waals surface area contributed by atoms with Crippen LogP contribution in [0.4, 0.5) is 0 Å². The summed E-state index contributed by atoms with van der Waals surface area (Å²) in [4.78, 5) is 9.52. The van der Waals surface area contributed by atoms with Crippen molar-refractivity contribution in [3.05, 3.63) is 54.2 Å². The van der Waals surface area contributed by atoms with Gasteiger partial charge in [0.2, 0.25) is 0 Å². The van der Waals surface area contributed by atoms with Crippen LogP contribution in [0.3, 0.4) is 0 Å². The third-order valence-corrected chi connectivity index (χ3v) is 4.45. The van der Waals surface area contributed by atoms with E-state index >= 15 is 0 Å². The largest absolute Gasteiger partial charge is 0.468 e. The van der Waals surface area contributed by atoms with Crippen LogP contribution in [0.1, 0.15) is 31.2 Å². The van der Waals surface area contributed by atoms with Crippen LogP contribution in [0.25, 0.3) is 0 Å². The average Bonchev–Trinajstić information content (AvgIpc) is 3.20. The fourth-order valence-corrected chi connectivity index (χ4v) is 3.34. The molecule has 22 heavy (non-hydrogen) atoms. The standard InChI is InChI=1S/C18H25N3O/c1-2-21-11-5-8-17(21)14-20(15-18-9-6-12-22-18)13-16-7-3-4-10-19-16/h3-4,6-7,9-10,12,17H,2,5,8,11,13-15H2,1H3. The zero-order chi connectivity index (χ0) is 15.2. The van der Waals surface area contributed by atoms with Gasteiger partial charge < -0.3 is 4.42 Å². The van der Waals surface area contributed by atoms with E-state index in [-0.39, 0.29) is 0 Å². The lowest BCUT2D eigenvalue weighted by molar-refractivity contribution is 0.157. The minimum atomic E-state index is 0.656. The molecule has 0 aliphatic carbocycles. The Morgan fingerprint density at radius 2 is 2.23 bits per heavy atom. The van der Waals surface area contributed by atoms with Gasteiger partial charge in [-0.25, -0.2) is 0 Å². The normalized spacial score (nSPS) is 19.1. The monoisotopic (exact) mass is 299 g/mol. The summed E-state index contributed by atoms with van der Waals surface area (Å²) in [7, 11) is 0. The molecule has 0 bridgehead atoms. The van der Waals surface area contributed by atoms with Gasteiger partial charge in [-0.3, -0.25) is 14.8 Å². The van der Waals surface area contributed by atoms with Crippen molar-refractivity contribution in [1.29, 1.82) is 0 Å². The van der Waals surface area contributed by atoms with E-state index in [0.717, 1.165) is 37.6 Å². The first-order valence-corrected chi connectivity index (χ1v) is 8.24. The highest BCUT2D eigenvalue weighted by atomic mass is 16.3. The number of hydrogen-bond acceptors (Lipinski definition) is 4. The van der Waals surface area contributed by atoms with Crippen molar-refractivity contribution < 1.29 is 4.42 Å². The van der Waals surface area contributed by atoms with E-state index in [2.05, 4.69) is 39.9 Å². The van der Waals surface area contributed by atoms with Crippen LogP contribution in [0, 0.1) is 0 Å². The molecule has 4 heteroatoms. The molecule has 0 saturated carbocycles. The highest BCUT2D eigenvalue weighted by Crippen LogP contribution is 2.19. The summed E-state index contributed by atoms with van der Waals surface area (Å²) < 4.78 is 5.54. The lowest BCUT2D eigenvalue weighted by Gasteiger charge is -2.29. The number of rotatable bonds is 7. The topological polar surface area (TPSA) is 32.5 Å². The molecule has 1 aliphatic rings. The molecule has 0 radical (unpaired) electrons. The highest BCUT2D eigenvalue weighted by molar-refractivity contribution is 5.05. The molecule has 1 saturated heterocycles. The first kappa shape index (κ1) is 15.3. The molecule has 118 valence electrons. The smallest absolute Gasteiger partial charge is 0.117 e. The first-order chi connectivity index (χ1) is 10.8. The Hall–Kier alpha value is -1.65. The number of likely N-dealkylation sites (N-methyl/N-ethyl adjacent to an activating group) is 1. The third kappa shape index (κ3) is 3.96. The van der Waals surface area contributed by atoms with Gasteiger partial charge >= 0.3 is 0 Å². The van der Waals surface area contributed by atoms with Crippen LogP contribution in [-0.4, -0.2) is 40.5 Å². The van der Waals surface area contributed by atoms with E-state index < -0.39 is 0 Å². The molecular formula is C18H25N3O. The van der Waals surface area contributed by atoms with Gasteiger partial charge in [-0.2, -0.15) is 0 Å². The summed E-state index contributed by atoms with van der Waals surface area (Å²) in [6, 6.07) is 10.8. The van der Waals surface area contributed by atoms with Crippen molar-refractivity contribution in [3.8, 4) is 0 Å². The van der Waals surface area contributed by atoms with Gasteiger partial charge in [-0.1, -0.05) is 13.0 Å². The zero-order valence-corrected chi connectivity index (χ0v) is 13.3. The van der Waals surface area contributed by atoms with E-state index in [1.165, 1.54) is 19.4 Å². The average molecular weight is 299 g/mol. The molecular weight excluding hydrogens is 274 g/mol. The fraction of sp³-hybridized carbons (Fsp3) is 0.500.